The summed E-state index contributed by atoms with van der Waals surface area (Å²) in [5, 5.41) is 0. The lowest BCUT2D eigenvalue weighted by Gasteiger charge is -2.14. The molecule has 4 N–H and O–H groups in total. The average Bonchev–Trinajstić information content (AvgIpc) is 2.71. The number of rotatable bonds is 5. The summed E-state index contributed by atoms with van der Waals surface area (Å²) in [4.78, 5) is 15.9. The Balaban J connectivity index is 2.67. The van der Waals surface area contributed by atoms with Crippen molar-refractivity contribution in [3.05, 3.63) is 24.0 Å². The van der Waals surface area contributed by atoms with E-state index in [0.717, 1.165) is 29.7 Å². The summed E-state index contributed by atoms with van der Waals surface area (Å²) in [6.07, 6.45) is 1.94. The van der Waals surface area contributed by atoms with Crippen molar-refractivity contribution >= 4 is 22.6 Å². The van der Waals surface area contributed by atoms with Crippen LogP contribution < -0.4 is 11.5 Å². The number of fused-ring (bicyclic) bond motifs is 1. The van der Waals surface area contributed by atoms with E-state index in [4.69, 9.17) is 11.5 Å². The van der Waals surface area contributed by atoms with Gasteiger partial charge in [0.15, 0.2) is 0 Å². The predicted molar refractivity (Wildman–Crippen MR) is 76.7 cm³/mol. The highest BCUT2D eigenvalue weighted by Crippen LogP contribution is 2.29. The van der Waals surface area contributed by atoms with E-state index >= 15 is 0 Å². The second-order valence-electron chi connectivity index (χ2n) is 4.75. The lowest BCUT2D eigenvalue weighted by Crippen LogP contribution is -2.21. The molecule has 0 aliphatic rings. The Hall–Kier alpha value is -2.04. The van der Waals surface area contributed by atoms with Crippen LogP contribution in [0.25, 0.3) is 11.0 Å². The third kappa shape index (κ3) is 2.41. The number of nitrogens with two attached hydrogens (primary N) is 2. The van der Waals surface area contributed by atoms with E-state index < -0.39 is 0 Å². The normalized spacial score (nSPS) is 11.3. The molecule has 0 saturated heterocycles. The molecule has 0 fully saturated rings. The summed E-state index contributed by atoms with van der Waals surface area (Å²) >= 11 is 0. The molecule has 19 heavy (non-hydrogen) atoms. The summed E-state index contributed by atoms with van der Waals surface area (Å²) in [6.45, 7) is 4.38. The second-order valence-corrected chi connectivity index (χ2v) is 4.75. The fraction of sp³-hybridized carbons (Fsp3) is 0.429. The highest BCUT2D eigenvalue weighted by atomic mass is 16.1. The summed E-state index contributed by atoms with van der Waals surface area (Å²) in [5.74, 6) is 0.844. The monoisotopic (exact) mass is 260 g/mol. The highest BCUT2D eigenvalue weighted by molar-refractivity contribution is 5.88. The van der Waals surface area contributed by atoms with Crippen molar-refractivity contribution in [3.63, 3.8) is 0 Å². The molecule has 0 atom stereocenters. The van der Waals surface area contributed by atoms with Crippen LogP contribution in [0.5, 0.6) is 0 Å². The van der Waals surface area contributed by atoms with Gasteiger partial charge in [-0.05, 0) is 25.0 Å². The lowest BCUT2D eigenvalue weighted by atomic mass is 10.0. The Kier molecular flexibility index (Phi) is 3.74. The van der Waals surface area contributed by atoms with Gasteiger partial charge in [-0.15, -0.1) is 0 Å². The molecular weight excluding hydrogens is 240 g/mol. The van der Waals surface area contributed by atoms with Crippen LogP contribution in [0.1, 0.15) is 38.4 Å². The van der Waals surface area contributed by atoms with E-state index in [-0.39, 0.29) is 12.5 Å². The molecule has 2 rings (SSSR count). The minimum atomic E-state index is -0.367. The Morgan fingerprint density at radius 3 is 2.63 bits per heavy atom. The van der Waals surface area contributed by atoms with E-state index in [2.05, 4.69) is 18.8 Å². The van der Waals surface area contributed by atoms with Crippen LogP contribution in [0.4, 0.5) is 5.69 Å². The molecule has 0 aliphatic carbocycles. The quantitative estimate of drug-likeness (QED) is 0.806. The minimum absolute atomic E-state index is 0.145. The van der Waals surface area contributed by atoms with Gasteiger partial charge in [0.25, 0.3) is 0 Å². The number of primary amides is 1. The van der Waals surface area contributed by atoms with E-state index in [1.807, 2.05) is 22.8 Å². The van der Waals surface area contributed by atoms with Crippen LogP contribution >= 0.6 is 0 Å². The van der Waals surface area contributed by atoms with Crippen molar-refractivity contribution in [1.82, 2.24) is 9.55 Å². The van der Waals surface area contributed by atoms with Gasteiger partial charge in [0.2, 0.25) is 5.91 Å². The molecule has 0 saturated carbocycles. The van der Waals surface area contributed by atoms with Crippen LogP contribution in [0, 0.1) is 0 Å². The maximum Gasteiger partial charge on any atom is 0.237 e. The summed E-state index contributed by atoms with van der Waals surface area (Å²) in [6, 6.07) is 5.61. The third-order valence-corrected chi connectivity index (χ3v) is 3.50. The lowest BCUT2D eigenvalue weighted by molar-refractivity contribution is -0.118. The maximum absolute atomic E-state index is 11.3. The van der Waals surface area contributed by atoms with Crippen molar-refractivity contribution in [2.45, 2.75) is 39.2 Å². The topological polar surface area (TPSA) is 86.9 Å². The zero-order valence-corrected chi connectivity index (χ0v) is 11.4. The summed E-state index contributed by atoms with van der Waals surface area (Å²) in [5.41, 5.74) is 13.6. The van der Waals surface area contributed by atoms with E-state index in [1.165, 1.54) is 0 Å². The summed E-state index contributed by atoms with van der Waals surface area (Å²) < 4.78 is 1.89. The fourth-order valence-corrected chi connectivity index (χ4v) is 2.47. The Labute approximate surface area is 112 Å². The molecule has 5 heteroatoms. The SMILES string of the molecule is CCC(CC)c1nc2c(N)cccc2n1CC(N)=O. The van der Waals surface area contributed by atoms with E-state index in [0.29, 0.717) is 11.6 Å². The van der Waals surface area contributed by atoms with Crippen LogP contribution in [-0.4, -0.2) is 15.5 Å². The molecule has 0 radical (unpaired) electrons. The molecule has 2 aromatic rings. The number of anilines is 1. The number of benzene rings is 1. The molecule has 102 valence electrons. The van der Waals surface area contributed by atoms with E-state index in [1.54, 1.807) is 0 Å². The number of hydrogen-bond acceptors (Lipinski definition) is 3. The standard InChI is InChI=1S/C14H20N4O/c1-3-9(4-2)14-17-13-10(15)6-5-7-11(13)18(14)8-12(16)19/h5-7,9H,3-4,8,15H2,1-2H3,(H2,16,19). The first kappa shape index (κ1) is 13.4. The van der Waals surface area contributed by atoms with E-state index in [9.17, 15) is 4.79 Å². The highest BCUT2D eigenvalue weighted by Gasteiger charge is 2.19. The van der Waals surface area contributed by atoms with Gasteiger partial charge < -0.3 is 16.0 Å². The van der Waals surface area contributed by atoms with Crippen LogP contribution in [-0.2, 0) is 11.3 Å². The van der Waals surface area contributed by atoms with Gasteiger partial charge in [-0.25, -0.2) is 4.98 Å². The molecule has 0 bridgehead atoms. The number of nitrogen functional groups attached to an aromatic ring is 1. The molecule has 0 aliphatic heterocycles. The molecular formula is C14H20N4O. The smallest absolute Gasteiger partial charge is 0.237 e. The minimum Gasteiger partial charge on any atom is -0.397 e. The Bertz CT molecular complexity index is 599. The van der Waals surface area contributed by atoms with Crippen molar-refractivity contribution < 1.29 is 4.79 Å². The largest absolute Gasteiger partial charge is 0.397 e. The zero-order valence-electron chi connectivity index (χ0n) is 11.4. The van der Waals surface area contributed by atoms with Crippen molar-refractivity contribution in [1.29, 1.82) is 0 Å². The molecule has 1 amide bonds. The van der Waals surface area contributed by atoms with Gasteiger partial charge in [0.1, 0.15) is 17.9 Å². The first-order valence-electron chi connectivity index (χ1n) is 6.61. The maximum atomic E-state index is 11.3. The summed E-state index contributed by atoms with van der Waals surface area (Å²) in [7, 11) is 0. The molecule has 1 aromatic heterocycles. The van der Waals surface area contributed by atoms with Crippen molar-refractivity contribution in [3.8, 4) is 0 Å². The zero-order chi connectivity index (χ0) is 14.0. The number of carbonyl (C=O) groups excluding carboxylic acids is 1. The Morgan fingerprint density at radius 2 is 2.05 bits per heavy atom. The number of amides is 1. The molecule has 1 aromatic carbocycles. The number of hydrogen-bond donors (Lipinski definition) is 2. The first-order chi connectivity index (χ1) is 9.08. The predicted octanol–water partition coefficient (Wildman–Crippen LogP) is 2.01. The van der Waals surface area contributed by atoms with Gasteiger partial charge in [-0.3, -0.25) is 4.79 Å². The van der Waals surface area contributed by atoms with Gasteiger partial charge in [-0.1, -0.05) is 19.9 Å². The molecule has 0 spiro atoms. The van der Waals surface area contributed by atoms with Gasteiger partial charge >= 0.3 is 0 Å². The molecule has 0 unspecified atom stereocenters. The fourth-order valence-electron chi connectivity index (χ4n) is 2.47. The number of carbonyl (C=O) groups is 1. The average molecular weight is 260 g/mol. The Morgan fingerprint density at radius 1 is 1.37 bits per heavy atom. The van der Waals surface area contributed by atoms with Gasteiger partial charge in [0.05, 0.1) is 11.2 Å². The van der Waals surface area contributed by atoms with Crippen molar-refractivity contribution in [2.75, 3.05) is 5.73 Å². The molecule has 5 nitrogen and oxygen atoms in total. The molecule has 1 heterocycles. The number of para-hydroxylation sites is 1. The first-order valence-corrected chi connectivity index (χ1v) is 6.61. The number of nitrogens with zero attached hydrogens (tertiary/aromatic N) is 2. The van der Waals surface area contributed by atoms with Gasteiger partial charge in [0, 0.05) is 5.92 Å². The number of aromatic nitrogens is 2. The second kappa shape index (κ2) is 5.30. The van der Waals surface area contributed by atoms with Gasteiger partial charge in [-0.2, -0.15) is 0 Å². The van der Waals surface area contributed by atoms with Crippen LogP contribution in [0.3, 0.4) is 0 Å². The van der Waals surface area contributed by atoms with Crippen molar-refractivity contribution in [2.24, 2.45) is 5.73 Å². The van der Waals surface area contributed by atoms with Crippen LogP contribution in [0.2, 0.25) is 0 Å². The third-order valence-electron chi connectivity index (χ3n) is 3.50. The van der Waals surface area contributed by atoms with Crippen LogP contribution in [0.15, 0.2) is 18.2 Å². The number of imidazole rings is 1.